The topological polar surface area (TPSA) is 184 Å². The summed E-state index contributed by atoms with van der Waals surface area (Å²) in [6.07, 6.45) is 3.09. The molecule has 1 aliphatic heterocycles. The lowest BCUT2D eigenvalue weighted by molar-refractivity contribution is -0.135. The predicted octanol–water partition coefficient (Wildman–Crippen LogP) is 1.67. The van der Waals surface area contributed by atoms with Crippen molar-refractivity contribution in [1.82, 2.24) is 25.1 Å². The average Bonchev–Trinajstić information content (AvgIpc) is 3.28. The molecule has 2 heterocycles. The number of nitrogens with zero attached hydrogens (tertiary/aromatic N) is 2. The van der Waals surface area contributed by atoms with E-state index >= 15 is 0 Å². The lowest BCUT2D eigenvalue weighted by atomic mass is 10.0. The zero-order chi connectivity index (χ0) is 34.1. The molecule has 3 atom stereocenters. The Kier molecular flexibility index (Phi) is 12.1. The molecule has 0 radical (unpaired) electrons. The first-order chi connectivity index (χ1) is 22.4. The predicted molar refractivity (Wildman–Crippen MR) is 175 cm³/mol. The van der Waals surface area contributed by atoms with E-state index in [-0.39, 0.29) is 54.8 Å². The van der Waals surface area contributed by atoms with Gasteiger partial charge >= 0.3 is 5.69 Å². The van der Waals surface area contributed by atoms with Crippen LogP contribution in [0.15, 0.2) is 47.3 Å². The molecular formula is C34H44N6O7. The zero-order valence-electron chi connectivity index (χ0n) is 27.2. The lowest BCUT2D eigenvalue weighted by Crippen LogP contribution is -2.44. The molecule has 5 N–H and O–H groups in total. The number of nitrogens with one attached hydrogen (secondary N) is 3. The number of rotatable bonds is 16. The molecule has 1 fully saturated rings. The molecule has 13 nitrogen and oxygen atoms in total. The summed E-state index contributed by atoms with van der Waals surface area (Å²) in [7, 11) is 1.65. The van der Waals surface area contributed by atoms with Crippen LogP contribution in [0.4, 0.5) is 0 Å². The Balaban J connectivity index is 1.19. The number of ether oxygens (including phenoxy) is 1. The van der Waals surface area contributed by atoms with Crippen molar-refractivity contribution in [2.75, 3.05) is 6.54 Å². The van der Waals surface area contributed by atoms with Crippen LogP contribution in [0, 0.1) is 0 Å². The van der Waals surface area contributed by atoms with E-state index in [9.17, 15) is 28.8 Å². The van der Waals surface area contributed by atoms with Gasteiger partial charge < -0.3 is 21.1 Å². The summed E-state index contributed by atoms with van der Waals surface area (Å²) in [6, 6.07) is 12.5. The van der Waals surface area contributed by atoms with Crippen LogP contribution in [0.5, 0.6) is 0 Å². The summed E-state index contributed by atoms with van der Waals surface area (Å²) in [4.78, 5) is 72.2. The Bertz CT molecular complexity index is 1680. The minimum atomic E-state index is -0.738. The number of aromatic nitrogens is 2. The van der Waals surface area contributed by atoms with Gasteiger partial charge in [0.1, 0.15) is 6.04 Å². The number of primary amides is 1. The molecule has 1 saturated heterocycles. The highest BCUT2D eigenvalue weighted by molar-refractivity contribution is 6.00. The number of nitrogens with two attached hydrogens (primary N) is 1. The Morgan fingerprint density at radius 1 is 1.00 bits per heavy atom. The maximum Gasteiger partial charge on any atom is 0.329 e. The van der Waals surface area contributed by atoms with Crippen LogP contribution in [0.2, 0.25) is 0 Å². The standard InChI is InChI=1S/C34H44N6O7/c1-21(26(37-22(2)41)12-15-30(35)42)47-20-25-8-6-23(7-9-25)5-4-18-36-31(43)16-11-24-10-13-27-29(19-24)39(3)34(46)40(27)28-14-17-32(44)38-33(28)45/h6-10,13,19,21,26,28H,4-5,11-12,14-18,20H2,1-3H3,(H2,35,42)(H,36,43)(H,37,41)(H,38,44,45)/t21-,26+,28?/m1/s1. The highest BCUT2D eigenvalue weighted by atomic mass is 16.5. The van der Waals surface area contributed by atoms with Gasteiger partial charge in [-0.2, -0.15) is 0 Å². The van der Waals surface area contributed by atoms with E-state index in [2.05, 4.69) is 16.0 Å². The molecule has 0 bridgehead atoms. The quantitative estimate of drug-likeness (QED) is 0.135. The van der Waals surface area contributed by atoms with Crippen molar-refractivity contribution < 1.29 is 28.7 Å². The van der Waals surface area contributed by atoms with Gasteiger partial charge in [-0.1, -0.05) is 30.3 Å². The van der Waals surface area contributed by atoms with E-state index in [0.717, 1.165) is 29.5 Å². The van der Waals surface area contributed by atoms with Crippen LogP contribution in [0.25, 0.3) is 11.0 Å². The van der Waals surface area contributed by atoms with E-state index < -0.39 is 17.9 Å². The summed E-state index contributed by atoms with van der Waals surface area (Å²) >= 11 is 0. The third kappa shape index (κ3) is 9.61. The normalized spacial score (nSPS) is 16.0. The Morgan fingerprint density at radius 3 is 2.38 bits per heavy atom. The highest BCUT2D eigenvalue weighted by Crippen LogP contribution is 2.24. The van der Waals surface area contributed by atoms with Crippen LogP contribution in [-0.4, -0.2) is 57.4 Å². The third-order valence-electron chi connectivity index (χ3n) is 8.47. The average molecular weight is 649 g/mol. The molecule has 4 rings (SSSR count). The summed E-state index contributed by atoms with van der Waals surface area (Å²) in [5.41, 5.74) is 9.23. The maximum absolute atomic E-state index is 13.0. The second kappa shape index (κ2) is 16.2. The first-order valence-corrected chi connectivity index (χ1v) is 16.0. The molecule has 13 heteroatoms. The SMILES string of the molecule is CC(=O)N[C@@H](CCC(N)=O)[C@@H](C)OCc1ccc(CCCNC(=O)CCc2ccc3c(c2)n(C)c(=O)n3C2CCC(=O)NC2=O)cc1. The van der Waals surface area contributed by atoms with Gasteiger partial charge in [0.2, 0.25) is 29.5 Å². The van der Waals surface area contributed by atoms with Crippen molar-refractivity contribution in [2.24, 2.45) is 12.8 Å². The Hall–Kier alpha value is -4.78. The highest BCUT2D eigenvalue weighted by Gasteiger charge is 2.31. The van der Waals surface area contributed by atoms with E-state index in [4.69, 9.17) is 10.5 Å². The van der Waals surface area contributed by atoms with E-state index in [1.165, 1.54) is 16.1 Å². The fraction of sp³-hybridized carbons (Fsp3) is 0.471. The van der Waals surface area contributed by atoms with Crippen molar-refractivity contribution in [3.05, 3.63) is 69.6 Å². The smallest absolute Gasteiger partial charge is 0.329 e. The fourth-order valence-electron chi connectivity index (χ4n) is 5.79. The molecule has 47 heavy (non-hydrogen) atoms. The van der Waals surface area contributed by atoms with E-state index in [1.807, 2.05) is 43.3 Å². The van der Waals surface area contributed by atoms with Crippen molar-refractivity contribution >= 4 is 40.6 Å². The number of hydrogen-bond donors (Lipinski definition) is 4. The molecule has 0 aliphatic carbocycles. The van der Waals surface area contributed by atoms with Gasteiger partial charge in [-0.05, 0) is 67.9 Å². The van der Waals surface area contributed by atoms with Crippen LogP contribution in [0.3, 0.4) is 0 Å². The number of carbonyl (C=O) groups is 5. The molecule has 0 saturated carbocycles. The van der Waals surface area contributed by atoms with Gasteiger partial charge in [0.05, 0.1) is 29.8 Å². The van der Waals surface area contributed by atoms with Crippen LogP contribution in [0.1, 0.15) is 75.1 Å². The first kappa shape index (κ1) is 35.1. The van der Waals surface area contributed by atoms with Gasteiger partial charge in [-0.3, -0.25) is 38.4 Å². The molecule has 0 spiro atoms. The zero-order valence-corrected chi connectivity index (χ0v) is 27.2. The number of piperidine rings is 1. The maximum atomic E-state index is 13.0. The number of imide groups is 1. The van der Waals surface area contributed by atoms with Crippen molar-refractivity contribution in [2.45, 2.75) is 90.0 Å². The number of amides is 5. The number of carbonyl (C=O) groups excluding carboxylic acids is 5. The molecule has 1 aliphatic rings. The number of imidazole rings is 1. The summed E-state index contributed by atoms with van der Waals surface area (Å²) < 4.78 is 8.88. The van der Waals surface area contributed by atoms with Crippen LogP contribution in [-0.2, 0) is 55.2 Å². The largest absolute Gasteiger partial charge is 0.372 e. The van der Waals surface area contributed by atoms with Gasteiger partial charge in [-0.15, -0.1) is 0 Å². The van der Waals surface area contributed by atoms with Crippen LogP contribution >= 0.6 is 0 Å². The lowest BCUT2D eigenvalue weighted by Gasteiger charge is -2.24. The molecule has 1 unspecified atom stereocenters. The summed E-state index contributed by atoms with van der Waals surface area (Å²) in [6.45, 7) is 4.18. The number of benzene rings is 2. The van der Waals surface area contributed by atoms with Crippen molar-refractivity contribution in [1.29, 1.82) is 0 Å². The van der Waals surface area contributed by atoms with E-state index in [1.54, 1.807) is 13.1 Å². The molecule has 5 amide bonds. The van der Waals surface area contributed by atoms with Crippen LogP contribution < -0.4 is 27.4 Å². The van der Waals surface area contributed by atoms with E-state index in [0.29, 0.717) is 43.4 Å². The van der Waals surface area contributed by atoms with Crippen molar-refractivity contribution in [3.8, 4) is 0 Å². The number of hydrogen-bond acceptors (Lipinski definition) is 7. The molecule has 252 valence electrons. The monoisotopic (exact) mass is 648 g/mol. The number of fused-ring (bicyclic) bond motifs is 1. The molecule has 2 aromatic carbocycles. The van der Waals surface area contributed by atoms with Gasteiger partial charge in [0.25, 0.3) is 0 Å². The third-order valence-corrected chi connectivity index (χ3v) is 8.47. The second-order valence-corrected chi connectivity index (χ2v) is 12.1. The summed E-state index contributed by atoms with van der Waals surface area (Å²) in [5.74, 6) is -1.48. The Labute approximate surface area is 273 Å². The first-order valence-electron chi connectivity index (χ1n) is 16.0. The molecule has 3 aromatic rings. The van der Waals surface area contributed by atoms with Gasteiger partial charge in [0.15, 0.2) is 0 Å². The van der Waals surface area contributed by atoms with Crippen molar-refractivity contribution in [3.63, 3.8) is 0 Å². The fourth-order valence-corrected chi connectivity index (χ4v) is 5.79. The van der Waals surface area contributed by atoms with Gasteiger partial charge in [-0.25, -0.2) is 4.79 Å². The molecule has 1 aromatic heterocycles. The second-order valence-electron chi connectivity index (χ2n) is 12.1. The molecular weight excluding hydrogens is 604 g/mol. The summed E-state index contributed by atoms with van der Waals surface area (Å²) in [5, 5.41) is 8.11. The Morgan fingerprint density at radius 2 is 1.70 bits per heavy atom. The minimum Gasteiger partial charge on any atom is -0.372 e. The minimum absolute atomic E-state index is 0.0601. The van der Waals surface area contributed by atoms with Gasteiger partial charge in [0, 0.05) is 39.8 Å². The number of aryl methyl sites for hydroxylation is 3.